The number of furan rings is 1. The highest BCUT2D eigenvalue weighted by atomic mass is 16.5. The minimum Gasteiger partial charge on any atom is -0.504 e. The molecule has 1 saturated heterocycles. The first kappa shape index (κ1) is 20.8. The zero-order valence-corrected chi connectivity index (χ0v) is 19.2. The minimum absolute atomic E-state index is 0.0106. The first-order valence-corrected chi connectivity index (χ1v) is 11.7. The second kappa shape index (κ2) is 6.87. The van der Waals surface area contributed by atoms with Gasteiger partial charge in [0.1, 0.15) is 6.10 Å². The van der Waals surface area contributed by atoms with Gasteiger partial charge in [-0.05, 0) is 62.5 Å². The van der Waals surface area contributed by atoms with Crippen molar-refractivity contribution >= 4 is 12.0 Å². The van der Waals surface area contributed by atoms with Gasteiger partial charge in [0, 0.05) is 30.3 Å². The molecule has 174 valence electrons. The average molecular weight is 451 g/mol. The molecule has 1 spiro atoms. The van der Waals surface area contributed by atoms with E-state index in [0.717, 1.165) is 36.1 Å². The van der Waals surface area contributed by atoms with Crippen LogP contribution in [0.3, 0.4) is 0 Å². The fraction of sp³-hybridized carbons (Fsp3) is 0.500. The smallest absolute Gasteiger partial charge is 0.246 e. The molecule has 0 radical (unpaired) electrons. The van der Waals surface area contributed by atoms with Crippen molar-refractivity contribution in [1.82, 2.24) is 9.80 Å². The summed E-state index contributed by atoms with van der Waals surface area (Å²) < 4.78 is 11.6. The number of carbonyl (C=O) groups is 1. The van der Waals surface area contributed by atoms with Gasteiger partial charge in [-0.1, -0.05) is 13.0 Å². The number of piperidine rings is 1. The summed E-state index contributed by atoms with van der Waals surface area (Å²) in [5, 5.41) is 23.1. The van der Waals surface area contributed by atoms with Crippen LogP contribution in [-0.4, -0.2) is 70.3 Å². The van der Waals surface area contributed by atoms with Gasteiger partial charge in [0.05, 0.1) is 29.6 Å². The molecule has 1 aromatic heterocycles. The van der Waals surface area contributed by atoms with Crippen molar-refractivity contribution in [3.63, 3.8) is 0 Å². The van der Waals surface area contributed by atoms with Gasteiger partial charge in [-0.15, -0.1) is 0 Å². The highest BCUT2D eigenvalue weighted by Gasteiger charge is 2.74. The molecule has 1 aromatic carbocycles. The highest BCUT2D eigenvalue weighted by Crippen LogP contribution is 2.66. The van der Waals surface area contributed by atoms with Crippen molar-refractivity contribution in [3.05, 3.63) is 53.5 Å². The lowest BCUT2D eigenvalue weighted by Gasteiger charge is -2.65. The van der Waals surface area contributed by atoms with Crippen LogP contribution in [-0.2, 0) is 16.6 Å². The van der Waals surface area contributed by atoms with E-state index in [1.807, 2.05) is 13.1 Å². The zero-order valence-electron chi connectivity index (χ0n) is 19.2. The maximum absolute atomic E-state index is 13.2. The topological polar surface area (TPSA) is 86.4 Å². The second-order valence-electron chi connectivity index (χ2n) is 10.3. The Kier molecular flexibility index (Phi) is 4.33. The largest absolute Gasteiger partial charge is 0.504 e. The fourth-order valence-electron chi connectivity index (χ4n) is 7.39. The number of hydrogen-bond donors (Lipinski definition) is 2. The SMILES string of the molecule is C[C@@H]1C[C@@]2(O)[C@H]3Cc4ccc(O)c5c4[C@@]2(CCN3C)[C@@H](O5)[C@H]1N(C)C(=O)/C=C/c1ccoc1. The number of nitrogens with zero attached hydrogens (tertiary/aromatic N) is 2. The molecular weight excluding hydrogens is 420 g/mol. The van der Waals surface area contributed by atoms with E-state index in [4.69, 9.17) is 9.15 Å². The van der Waals surface area contributed by atoms with Crippen molar-refractivity contribution in [3.8, 4) is 11.5 Å². The molecule has 6 atom stereocenters. The summed E-state index contributed by atoms with van der Waals surface area (Å²) in [7, 11) is 3.90. The Hall–Kier alpha value is -2.77. The summed E-state index contributed by atoms with van der Waals surface area (Å²) >= 11 is 0. The molecule has 1 saturated carbocycles. The molecule has 7 nitrogen and oxygen atoms in total. The summed E-state index contributed by atoms with van der Waals surface area (Å²) in [5.41, 5.74) is 1.29. The van der Waals surface area contributed by atoms with Gasteiger partial charge < -0.3 is 29.2 Å². The lowest BCUT2D eigenvalue weighted by Crippen LogP contribution is -2.79. The normalized spacial score (nSPS) is 36.5. The van der Waals surface area contributed by atoms with Crippen LogP contribution in [0.1, 0.15) is 36.5 Å². The predicted octanol–water partition coefficient (Wildman–Crippen LogP) is 2.56. The number of rotatable bonds is 3. The molecule has 6 rings (SSSR count). The van der Waals surface area contributed by atoms with Crippen molar-refractivity contribution in [2.75, 3.05) is 20.6 Å². The van der Waals surface area contributed by atoms with E-state index in [0.29, 0.717) is 12.2 Å². The summed E-state index contributed by atoms with van der Waals surface area (Å²) in [6.45, 7) is 2.93. The lowest BCUT2D eigenvalue weighted by atomic mass is 9.47. The Morgan fingerprint density at radius 2 is 2.15 bits per heavy atom. The van der Waals surface area contributed by atoms with Crippen LogP contribution < -0.4 is 4.74 Å². The fourth-order valence-corrected chi connectivity index (χ4v) is 7.39. The van der Waals surface area contributed by atoms with Crippen LogP contribution in [0.4, 0.5) is 0 Å². The number of ether oxygens (including phenoxy) is 1. The molecule has 2 bridgehead atoms. The summed E-state index contributed by atoms with van der Waals surface area (Å²) in [5.74, 6) is 0.487. The van der Waals surface area contributed by atoms with Gasteiger partial charge in [-0.2, -0.15) is 0 Å². The van der Waals surface area contributed by atoms with Gasteiger partial charge in [0.15, 0.2) is 11.5 Å². The third-order valence-electron chi connectivity index (χ3n) is 8.81. The van der Waals surface area contributed by atoms with Crippen LogP contribution in [0.15, 0.2) is 41.2 Å². The monoisotopic (exact) mass is 450 g/mol. The van der Waals surface area contributed by atoms with Gasteiger partial charge in [-0.25, -0.2) is 0 Å². The van der Waals surface area contributed by atoms with E-state index in [-0.39, 0.29) is 29.7 Å². The van der Waals surface area contributed by atoms with Crippen molar-refractivity contribution in [2.24, 2.45) is 5.92 Å². The molecule has 2 fully saturated rings. The molecule has 2 aliphatic heterocycles. The standard InChI is InChI=1S/C26H30N2O5/c1-15-13-26(31)19-12-17-5-6-18(29)23-21(17)25(26,9-10-27(19)2)24(33-23)22(15)28(3)20(30)7-4-16-8-11-32-14-16/h4-8,11,14-15,19,22,24,29,31H,9-10,12-13H2,1-3H3/b7-4+/t15-,19-,22+,24+,25+,26-/m1/s1. The Balaban J connectivity index is 1.45. The summed E-state index contributed by atoms with van der Waals surface area (Å²) in [4.78, 5) is 17.2. The van der Waals surface area contributed by atoms with Crippen molar-refractivity contribution in [1.29, 1.82) is 0 Å². The first-order valence-electron chi connectivity index (χ1n) is 11.7. The predicted molar refractivity (Wildman–Crippen MR) is 122 cm³/mol. The number of likely N-dealkylation sites (tertiary alicyclic amines) is 1. The third-order valence-corrected chi connectivity index (χ3v) is 8.81. The minimum atomic E-state index is -0.983. The van der Waals surface area contributed by atoms with Gasteiger partial charge in [0.2, 0.25) is 5.91 Å². The Labute approximate surface area is 193 Å². The zero-order chi connectivity index (χ0) is 23.1. The number of phenols is 1. The molecule has 3 heterocycles. The number of aromatic hydroxyl groups is 1. The number of carbonyl (C=O) groups excluding carboxylic acids is 1. The number of benzene rings is 1. The number of hydrogen-bond acceptors (Lipinski definition) is 6. The van der Waals surface area contributed by atoms with Crippen molar-refractivity contribution < 1.29 is 24.2 Å². The third kappa shape index (κ3) is 2.55. The first-order chi connectivity index (χ1) is 15.8. The van der Waals surface area contributed by atoms with E-state index in [1.165, 1.54) is 0 Å². The van der Waals surface area contributed by atoms with Gasteiger partial charge in [-0.3, -0.25) is 4.79 Å². The van der Waals surface area contributed by atoms with E-state index < -0.39 is 17.1 Å². The van der Waals surface area contributed by atoms with E-state index in [2.05, 4.69) is 18.9 Å². The van der Waals surface area contributed by atoms with E-state index >= 15 is 0 Å². The van der Waals surface area contributed by atoms with E-state index in [9.17, 15) is 15.0 Å². The Bertz CT molecular complexity index is 1140. The van der Waals surface area contributed by atoms with Gasteiger partial charge in [0.25, 0.3) is 0 Å². The molecule has 33 heavy (non-hydrogen) atoms. The van der Waals surface area contributed by atoms with Gasteiger partial charge >= 0.3 is 0 Å². The number of phenolic OH excluding ortho intramolecular Hbond substituents is 1. The Morgan fingerprint density at radius 1 is 1.33 bits per heavy atom. The molecule has 2 aliphatic carbocycles. The maximum atomic E-state index is 13.2. The molecule has 2 aromatic rings. The molecular formula is C26H30N2O5. The quantitative estimate of drug-likeness (QED) is 0.699. The number of aliphatic hydroxyl groups is 1. The molecule has 7 heteroatoms. The highest BCUT2D eigenvalue weighted by molar-refractivity contribution is 5.92. The van der Waals surface area contributed by atoms with Crippen LogP contribution in [0.25, 0.3) is 6.08 Å². The second-order valence-corrected chi connectivity index (χ2v) is 10.3. The molecule has 2 N–H and O–H groups in total. The van der Waals surface area contributed by atoms with Crippen LogP contribution in [0.5, 0.6) is 11.5 Å². The Morgan fingerprint density at radius 3 is 2.91 bits per heavy atom. The molecule has 0 unspecified atom stereocenters. The van der Waals surface area contributed by atoms with E-state index in [1.54, 1.807) is 41.7 Å². The van der Waals surface area contributed by atoms with Crippen LogP contribution >= 0.6 is 0 Å². The number of likely N-dealkylation sites (N-methyl/N-ethyl adjacent to an activating group) is 2. The molecule has 1 amide bonds. The molecule has 4 aliphatic rings. The summed E-state index contributed by atoms with van der Waals surface area (Å²) in [6.07, 6.45) is 8.06. The van der Waals surface area contributed by atoms with Crippen LogP contribution in [0.2, 0.25) is 0 Å². The maximum Gasteiger partial charge on any atom is 0.246 e. The lowest BCUT2D eigenvalue weighted by molar-refractivity contribution is -0.208. The number of amides is 1. The average Bonchev–Trinajstić information content (AvgIpc) is 3.41. The van der Waals surface area contributed by atoms with Crippen molar-refractivity contribution in [2.45, 2.75) is 55.4 Å². The summed E-state index contributed by atoms with van der Waals surface area (Å²) in [6, 6.07) is 5.21. The van der Waals surface area contributed by atoms with Crippen LogP contribution in [0, 0.1) is 5.92 Å².